The molecule has 1 aromatic carbocycles. The number of carbonyl (C=O) groups is 2. The molecule has 22 heavy (non-hydrogen) atoms. The van der Waals surface area contributed by atoms with Gasteiger partial charge in [0, 0.05) is 0 Å². The predicted octanol–water partition coefficient (Wildman–Crippen LogP) is 1.13. The van der Waals surface area contributed by atoms with E-state index in [2.05, 4.69) is 9.26 Å². The number of benzene rings is 1. The van der Waals surface area contributed by atoms with E-state index in [1.54, 1.807) is 30.3 Å². The summed E-state index contributed by atoms with van der Waals surface area (Å²) in [7, 11) is -3.41. The van der Waals surface area contributed by atoms with Crippen LogP contribution in [0.25, 0.3) is 0 Å². The Morgan fingerprint density at radius 1 is 1.27 bits per heavy atom. The number of methoxy groups -OCH3 is 1. The first-order chi connectivity index (χ1) is 10.3. The van der Waals surface area contributed by atoms with Crippen molar-refractivity contribution in [1.82, 2.24) is 5.32 Å². The van der Waals surface area contributed by atoms with Crippen LogP contribution in [-0.4, -0.2) is 41.8 Å². The Hall–Kier alpha value is -1.93. The Balaban J connectivity index is 2.50. The molecule has 9 nitrogen and oxygen atoms in total. The van der Waals surface area contributed by atoms with Crippen LogP contribution in [-0.2, 0) is 29.8 Å². The van der Waals surface area contributed by atoms with Gasteiger partial charge in [-0.3, -0.25) is 9.05 Å². The molecular formula is C12H16NO8P. The largest absolute Gasteiger partial charge is 0.480 e. The lowest BCUT2D eigenvalue weighted by Gasteiger charge is -2.16. The average Bonchev–Trinajstić information content (AvgIpc) is 2.50. The number of carboxylic acid groups (broad SMARTS) is 1. The maximum absolute atomic E-state index is 11.6. The molecule has 0 fully saturated rings. The molecule has 10 heteroatoms. The molecular weight excluding hydrogens is 317 g/mol. The second-order valence-corrected chi connectivity index (χ2v) is 5.50. The van der Waals surface area contributed by atoms with Gasteiger partial charge in [-0.1, -0.05) is 30.3 Å². The van der Waals surface area contributed by atoms with E-state index >= 15 is 0 Å². The Kier molecular flexibility index (Phi) is 7.00. The van der Waals surface area contributed by atoms with Crippen molar-refractivity contribution in [3.63, 3.8) is 0 Å². The number of carbonyl (C=O) groups excluding carboxylic acids is 1. The number of ether oxygens (including phenoxy) is 1. The smallest absolute Gasteiger partial charge is 0.472 e. The van der Waals surface area contributed by atoms with Crippen LogP contribution >= 0.6 is 7.82 Å². The van der Waals surface area contributed by atoms with Gasteiger partial charge in [0.05, 0.1) is 20.3 Å². The summed E-state index contributed by atoms with van der Waals surface area (Å²) in [5, 5.41) is 10.8. The molecule has 0 radical (unpaired) electrons. The zero-order valence-electron chi connectivity index (χ0n) is 11.7. The van der Waals surface area contributed by atoms with Crippen molar-refractivity contribution in [2.24, 2.45) is 0 Å². The minimum absolute atomic E-state index is 0.184. The predicted molar refractivity (Wildman–Crippen MR) is 74.0 cm³/mol. The standard InChI is InChI=1S/C12H16NO8P/c1-19-12(16)13-10(11(14)15)8-21-22(17,18)20-7-9-5-3-2-4-6-9/h2-6,10H,7-8H2,1H3,(H,13,16)(H,14,15)(H,17,18)/t10-/m0/s1. The fourth-order valence-corrected chi connectivity index (χ4v) is 2.04. The Morgan fingerprint density at radius 2 is 1.91 bits per heavy atom. The topological polar surface area (TPSA) is 131 Å². The first-order valence-corrected chi connectivity index (χ1v) is 7.56. The van der Waals surface area contributed by atoms with Crippen LogP contribution in [0.2, 0.25) is 0 Å². The third kappa shape index (κ3) is 6.68. The van der Waals surface area contributed by atoms with Crippen LogP contribution in [0.1, 0.15) is 5.56 Å². The molecule has 1 amide bonds. The summed E-state index contributed by atoms with van der Waals surface area (Å²) in [6.45, 7) is -0.941. The summed E-state index contributed by atoms with van der Waals surface area (Å²) in [6.07, 6.45) is -1.01. The number of alkyl carbamates (subject to hydrolysis) is 1. The van der Waals surface area contributed by atoms with Crippen molar-refractivity contribution in [2.75, 3.05) is 13.7 Å². The molecule has 0 bridgehead atoms. The lowest BCUT2D eigenvalue weighted by molar-refractivity contribution is -0.140. The molecule has 0 aliphatic rings. The molecule has 0 saturated carbocycles. The minimum atomic E-state index is -4.46. The fourth-order valence-electron chi connectivity index (χ4n) is 1.31. The molecule has 1 rings (SSSR count). The molecule has 0 spiro atoms. The van der Waals surface area contributed by atoms with Crippen LogP contribution in [0.5, 0.6) is 0 Å². The van der Waals surface area contributed by atoms with E-state index < -0.39 is 32.5 Å². The molecule has 2 atom stereocenters. The van der Waals surface area contributed by atoms with Gasteiger partial charge in [0.2, 0.25) is 0 Å². The highest BCUT2D eigenvalue weighted by Crippen LogP contribution is 2.44. The number of phosphoric acid groups is 1. The number of amides is 1. The average molecular weight is 333 g/mol. The normalized spacial score (nSPS) is 14.6. The summed E-state index contributed by atoms with van der Waals surface area (Å²) in [4.78, 5) is 31.3. The third-order valence-corrected chi connectivity index (χ3v) is 3.35. The van der Waals surface area contributed by atoms with E-state index in [0.29, 0.717) is 5.56 Å². The molecule has 0 heterocycles. The fraction of sp³-hybridized carbons (Fsp3) is 0.333. The van der Waals surface area contributed by atoms with E-state index in [4.69, 9.17) is 9.63 Å². The second-order valence-electron chi connectivity index (χ2n) is 4.05. The first kappa shape index (κ1) is 18.1. The lowest BCUT2D eigenvalue weighted by Crippen LogP contribution is -2.43. The maximum atomic E-state index is 11.6. The van der Waals surface area contributed by atoms with Crippen molar-refractivity contribution in [2.45, 2.75) is 12.6 Å². The van der Waals surface area contributed by atoms with Gasteiger partial charge in [0.15, 0.2) is 6.04 Å². The van der Waals surface area contributed by atoms with Gasteiger partial charge in [-0.25, -0.2) is 14.2 Å². The quantitative estimate of drug-likeness (QED) is 0.603. The van der Waals surface area contributed by atoms with Gasteiger partial charge in [-0.2, -0.15) is 0 Å². The van der Waals surface area contributed by atoms with E-state index in [0.717, 1.165) is 7.11 Å². The molecule has 0 saturated heterocycles. The number of aliphatic carboxylic acids is 1. The van der Waals surface area contributed by atoms with E-state index in [9.17, 15) is 19.0 Å². The van der Waals surface area contributed by atoms with Gasteiger partial charge < -0.3 is 20.1 Å². The van der Waals surface area contributed by atoms with Crippen molar-refractivity contribution in [3.8, 4) is 0 Å². The highest BCUT2D eigenvalue weighted by Gasteiger charge is 2.27. The Labute approximate surface area is 126 Å². The van der Waals surface area contributed by atoms with Crippen LogP contribution < -0.4 is 5.32 Å². The number of hydrogen-bond donors (Lipinski definition) is 3. The van der Waals surface area contributed by atoms with Crippen LogP contribution in [0.3, 0.4) is 0 Å². The van der Waals surface area contributed by atoms with Gasteiger partial charge >= 0.3 is 19.9 Å². The summed E-state index contributed by atoms with van der Waals surface area (Å²) in [6, 6.07) is 7.03. The lowest BCUT2D eigenvalue weighted by atomic mass is 10.2. The summed E-state index contributed by atoms with van der Waals surface area (Å²) in [5.41, 5.74) is 0.642. The monoisotopic (exact) mass is 333 g/mol. The van der Waals surface area contributed by atoms with E-state index in [-0.39, 0.29) is 6.61 Å². The van der Waals surface area contributed by atoms with Crippen molar-refractivity contribution in [1.29, 1.82) is 0 Å². The van der Waals surface area contributed by atoms with Crippen LogP contribution in [0.4, 0.5) is 4.79 Å². The molecule has 0 aliphatic carbocycles. The number of hydrogen-bond acceptors (Lipinski definition) is 6. The number of nitrogens with one attached hydrogen (secondary N) is 1. The van der Waals surface area contributed by atoms with Crippen LogP contribution in [0, 0.1) is 0 Å². The summed E-state index contributed by atoms with van der Waals surface area (Å²) < 4.78 is 25.2. The van der Waals surface area contributed by atoms with Crippen molar-refractivity contribution < 1.29 is 37.9 Å². The molecule has 1 aromatic rings. The first-order valence-electron chi connectivity index (χ1n) is 6.07. The van der Waals surface area contributed by atoms with Crippen LogP contribution in [0.15, 0.2) is 30.3 Å². The zero-order valence-corrected chi connectivity index (χ0v) is 12.6. The maximum Gasteiger partial charge on any atom is 0.472 e. The molecule has 3 N–H and O–H groups in total. The van der Waals surface area contributed by atoms with Gasteiger partial charge in [-0.15, -0.1) is 0 Å². The number of rotatable bonds is 8. The molecule has 122 valence electrons. The molecule has 0 aliphatic heterocycles. The molecule has 1 unspecified atom stereocenters. The minimum Gasteiger partial charge on any atom is -0.480 e. The zero-order chi connectivity index (χ0) is 16.6. The summed E-state index contributed by atoms with van der Waals surface area (Å²) >= 11 is 0. The van der Waals surface area contributed by atoms with Gasteiger partial charge in [-0.05, 0) is 5.56 Å². The number of phosphoric ester groups is 1. The highest BCUT2D eigenvalue weighted by atomic mass is 31.2. The number of carboxylic acids is 1. The molecule has 0 aromatic heterocycles. The highest BCUT2D eigenvalue weighted by molar-refractivity contribution is 7.47. The van der Waals surface area contributed by atoms with Gasteiger partial charge in [0.25, 0.3) is 0 Å². The van der Waals surface area contributed by atoms with Crippen molar-refractivity contribution >= 4 is 19.9 Å². The van der Waals surface area contributed by atoms with E-state index in [1.807, 2.05) is 5.32 Å². The van der Waals surface area contributed by atoms with E-state index in [1.165, 1.54) is 0 Å². The SMILES string of the molecule is COC(=O)N[C@@H](COP(=O)(O)OCc1ccccc1)C(=O)O. The van der Waals surface area contributed by atoms with Gasteiger partial charge in [0.1, 0.15) is 0 Å². The Bertz CT molecular complexity index is 549. The third-order valence-electron chi connectivity index (χ3n) is 2.42. The van der Waals surface area contributed by atoms with Crippen molar-refractivity contribution in [3.05, 3.63) is 35.9 Å². The second kappa shape index (κ2) is 8.50. The summed E-state index contributed by atoms with van der Waals surface area (Å²) in [5.74, 6) is -1.45. The Morgan fingerprint density at radius 3 is 2.45 bits per heavy atom.